The fraction of sp³-hybridized carbons (Fsp3) is 0.609. The summed E-state index contributed by atoms with van der Waals surface area (Å²) in [6.07, 6.45) is 4.43. The van der Waals surface area contributed by atoms with Crippen LogP contribution in [0.15, 0.2) is 30.3 Å². The molecule has 2 aliphatic rings. The van der Waals surface area contributed by atoms with Gasteiger partial charge in [0.1, 0.15) is 0 Å². The minimum atomic E-state index is -1.82. The van der Waals surface area contributed by atoms with Gasteiger partial charge in [-0.05, 0) is 56.2 Å². The van der Waals surface area contributed by atoms with Crippen LogP contribution in [0.4, 0.5) is 0 Å². The first-order valence-electron chi connectivity index (χ1n) is 10.8. The summed E-state index contributed by atoms with van der Waals surface area (Å²) in [5.41, 5.74) is 1.41. The summed E-state index contributed by atoms with van der Waals surface area (Å²) < 4.78 is 0. The molecule has 2 saturated heterocycles. The van der Waals surface area contributed by atoms with E-state index in [4.69, 9.17) is 19.8 Å². The largest absolute Gasteiger partial charge is 0.473 e. The number of rotatable bonds is 4. The van der Waals surface area contributed by atoms with E-state index in [0.29, 0.717) is 11.8 Å². The monoisotopic (exact) mass is 418 g/mol. The molecule has 3 rings (SSSR count). The van der Waals surface area contributed by atoms with Gasteiger partial charge in [0.15, 0.2) is 0 Å². The predicted molar refractivity (Wildman–Crippen MR) is 114 cm³/mol. The maximum absolute atomic E-state index is 12.7. The van der Waals surface area contributed by atoms with Gasteiger partial charge in [0.2, 0.25) is 5.91 Å². The first-order chi connectivity index (χ1) is 14.3. The summed E-state index contributed by atoms with van der Waals surface area (Å²) in [7, 11) is 0. The van der Waals surface area contributed by atoms with Crippen LogP contribution in [-0.4, -0.2) is 70.6 Å². The Morgan fingerprint density at radius 3 is 1.97 bits per heavy atom. The van der Waals surface area contributed by atoms with E-state index < -0.39 is 11.9 Å². The van der Waals surface area contributed by atoms with Gasteiger partial charge in [-0.3, -0.25) is 4.79 Å². The van der Waals surface area contributed by atoms with E-state index >= 15 is 0 Å². The van der Waals surface area contributed by atoms with Crippen LogP contribution in [0.1, 0.15) is 51.0 Å². The van der Waals surface area contributed by atoms with Crippen LogP contribution in [0.25, 0.3) is 0 Å². The molecule has 2 N–H and O–H groups in total. The van der Waals surface area contributed by atoms with Crippen LogP contribution < -0.4 is 0 Å². The molecule has 30 heavy (non-hydrogen) atoms. The molecule has 1 amide bonds. The number of piperidine rings is 2. The lowest BCUT2D eigenvalue weighted by Crippen LogP contribution is -2.45. The number of nitrogens with zero attached hydrogens (tertiary/aromatic N) is 2. The van der Waals surface area contributed by atoms with Crippen LogP contribution >= 0.6 is 0 Å². The van der Waals surface area contributed by atoms with Gasteiger partial charge in [-0.25, -0.2) is 9.59 Å². The molecular weight excluding hydrogens is 384 g/mol. The van der Waals surface area contributed by atoms with Crippen molar-refractivity contribution in [3.8, 4) is 0 Å². The standard InChI is InChI=1S/C21H32N2O.C2H2O4/c1-17-8-14-23(15-9-17)21(24)20-10-12-22(13-11-20)16-18(2)19-6-4-3-5-7-19;3-1(4)2(5)6/h3-7,17-18,20H,8-16H2,1-2H3;(H,3,4)(H,5,6). The Bertz CT molecular complexity index is 681. The first kappa shape index (κ1) is 23.9. The van der Waals surface area contributed by atoms with E-state index in [-0.39, 0.29) is 5.92 Å². The Hall–Kier alpha value is -2.41. The Morgan fingerprint density at radius 2 is 1.47 bits per heavy atom. The molecule has 0 radical (unpaired) electrons. The molecule has 1 aromatic carbocycles. The van der Waals surface area contributed by atoms with Gasteiger partial charge in [-0.15, -0.1) is 0 Å². The van der Waals surface area contributed by atoms with Crippen molar-refractivity contribution in [3.05, 3.63) is 35.9 Å². The third kappa shape index (κ3) is 7.44. The zero-order chi connectivity index (χ0) is 22.1. The Morgan fingerprint density at radius 1 is 0.933 bits per heavy atom. The van der Waals surface area contributed by atoms with Crippen molar-refractivity contribution < 1.29 is 24.6 Å². The van der Waals surface area contributed by atoms with Crippen LogP contribution in [-0.2, 0) is 14.4 Å². The Balaban J connectivity index is 0.000000469. The third-order valence-electron chi connectivity index (χ3n) is 6.12. The number of amides is 1. The second kappa shape index (κ2) is 11.7. The van der Waals surface area contributed by atoms with Crippen LogP contribution in [0.3, 0.4) is 0 Å². The highest BCUT2D eigenvalue weighted by Crippen LogP contribution is 2.25. The molecule has 2 heterocycles. The van der Waals surface area contributed by atoms with E-state index in [1.165, 1.54) is 18.4 Å². The quantitative estimate of drug-likeness (QED) is 0.730. The summed E-state index contributed by atoms with van der Waals surface area (Å²) >= 11 is 0. The molecule has 0 aliphatic carbocycles. The van der Waals surface area contributed by atoms with Crippen molar-refractivity contribution in [2.75, 3.05) is 32.7 Å². The number of aliphatic carboxylic acids is 2. The lowest BCUT2D eigenvalue weighted by Gasteiger charge is -2.37. The van der Waals surface area contributed by atoms with Gasteiger partial charge < -0.3 is 20.0 Å². The van der Waals surface area contributed by atoms with Crippen LogP contribution in [0.2, 0.25) is 0 Å². The van der Waals surface area contributed by atoms with E-state index in [2.05, 4.69) is 54.0 Å². The number of hydrogen-bond acceptors (Lipinski definition) is 4. The van der Waals surface area contributed by atoms with Crippen LogP contribution in [0.5, 0.6) is 0 Å². The van der Waals surface area contributed by atoms with Crippen molar-refractivity contribution in [1.29, 1.82) is 0 Å². The molecule has 7 nitrogen and oxygen atoms in total. The average Bonchev–Trinajstić information content (AvgIpc) is 2.75. The van der Waals surface area contributed by atoms with E-state index in [1.807, 2.05) is 0 Å². The topological polar surface area (TPSA) is 98.2 Å². The summed E-state index contributed by atoms with van der Waals surface area (Å²) in [6.45, 7) is 9.80. The molecule has 7 heteroatoms. The van der Waals surface area contributed by atoms with E-state index in [1.54, 1.807) is 0 Å². The highest BCUT2D eigenvalue weighted by molar-refractivity contribution is 6.27. The van der Waals surface area contributed by atoms with Crippen LogP contribution in [0, 0.1) is 11.8 Å². The Kier molecular flexibility index (Phi) is 9.30. The molecule has 166 valence electrons. The van der Waals surface area contributed by atoms with Gasteiger partial charge in [0.05, 0.1) is 0 Å². The number of likely N-dealkylation sites (tertiary alicyclic amines) is 2. The third-order valence-corrected chi connectivity index (χ3v) is 6.12. The van der Waals surface area contributed by atoms with Crippen molar-refractivity contribution >= 4 is 17.8 Å². The lowest BCUT2D eigenvalue weighted by molar-refractivity contribution is -0.159. The molecule has 0 saturated carbocycles. The highest BCUT2D eigenvalue weighted by atomic mass is 16.4. The summed E-state index contributed by atoms with van der Waals surface area (Å²) in [6, 6.07) is 10.8. The average molecular weight is 419 g/mol. The van der Waals surface area contributed by atoms with Gasteiger partial charge in [0.25, 0.3) is 0 Å². The number of carbonyl (C=O) groups is 3. The summed E-state index contributed by atoms with van der Waals surface area (Å²) in [5.74, 6) is -1.61. The zero-order valence-corrected chi connectivity index (χ0v) is 18.0. The van der Waals surface area contributed by atoms with Gasteiger partial charge >= 0.3 is 11.9 Å². The van der Waals surface area contributed by atoms with Gasteiger partial charge in [-0.1, -0.05) is 44.2 Å². The second-order valence-corrected chi connectivity index (χ2v) is 8.50. The Labute approximate surface area is 178 Å². The molecule has 0 spiro atoms. The minimum Gasteiger partial charge on any atom is -0.473 e. The maximum Gasteiger partial charge on any atom is 0.414 e. The van der Waals surface area contributed by atoms with Crippen molar-refractivity contribution in [1.82, 2.24) is 9.80 Å². The molecule has 0 aromatic heterocycles. The molecule has 2 aliphatic heterocycles. The molecule has 2 fully saturated rings. The number of carbonyl (C=O) groups excluding carboxylic acids is 1. The minimum absolute atomic E-state index is 0.265. The second-order valence-electron chi connectivity index (χ2n) is 8.50. The van der Waals surface area contributed by atoms with E-state index in [9.17, 15) is 4.79 Å². The van der Waals surface area contributed by atoms with E-state index in [0.717, 1.165) is 51.5 Å². The maximum atomic E-state index is 12.7. The number of hydrogen-bond donors (Lipinski definition) is 2. The molecule has 0 bridgehead atoms. The van der Waals surface area contributed by atoms with Crippen molar-refractivity contribution in [3.63, 3.8) is 0 Å². The van der Waals surface area contributed by atoms with Crippen molar-refractivity contribution in [2.45, 2.75) is 45.4 Å². The number of carboxylic acid groups (broad SMARTS) is 2. The zero-order valence-electron chi connectivity index (χ0n) is 18.0. The number of benzene rings is 1. The summed E-state index contributed by atoms with van der Waals surface area (Å²) in [5, 5.41) is 14.8. The normalized spacial score (nSPS) is 19.5. The molecule has 1 atom stereocenters. The number of carboxylic acids is 2. The highest BCUT2D eigenvalue weighted by Gasteiger charge is 2.30. The lowest BCUT2D eigenvalue weighted by atomic mass is 9.92. The predicted octanol–water partition coefficient (Wildman–Crippen LogP) is 2.92. The molecular formula is C23H34N2O5. The van der Waals surface area contributed by atoms with Gasteiger partial charge in [0, 0.05) is 25.6 Å². The summed E-state index contributed by atoms with van der Waals surface area (Å²) in [4.78, 5) is 35.6. The smallest absolute Gasteiger partial charge is 0.414 e. The van der Waals surface area contributed by atoms with Crippen molar-refractivity contribution in [2.24, 2.45) is 11.8 Å². The fourth-order valence-electron chi connectivity index (χ4n) is 4.12. The fourth-order valence-corrected chi connectivity index (χ4v) is 4.12. The van der Waals surface area contributed by atoms with Gasteiger partial charge in [-0.2, -0.15) is 0 Å². The first-order valence-corrected chi connectivity index (χ1v) is 10.8. The molecule has 1 aromatic rings. The molecule has 1 unspecified atom stereocenters. The SMILES string of the molecule is CC1CCN(C(=O)C2CCN(CC(C)c3ccccc3)CC2)CC1.O=C(O)C(=O)O.